The van der Waals surface area contributed by atoms with Gasteiger partial charge in [-0.1, -0.05) is 30.0 Å². The topological polar surface area (TPSA) is 41.1 Å². The maximum absolute atomic E-state index is 4.19. The molecule has 108 valence electrons. The average Bonchev–Trinajstić information content (AvgIpc) is 2.86. The summed E-state index contributed by atoms with van der Waals surface area (Å²) in [5.74, 6) is 2.01. The Balaban J connectivity index is 1.61. The highest BCUT2D eigenvalue weighted by Crippen LogP contribution is 2.27. The first kappa shape index (κ1) is 15.1. The van der Waals surface area contributed by atoms with E-state index in [0.29, 0.717) is 0 Å². The van der Waals surface area contributed by atoms with Crippen LogP contribution in [0.2, 0.25) is 0 Å². The molecule has 1 N–H and O–H groups in total. The molecule has 2 rings (SSSR count). The van der Waals surface area contributed by atoms with Crippen molar-refractivity contribution in [2.24, 2.45) is 5.92 Å². The second-order valence-corrected chi connectivity index (χ2v) is 7.80. The standard InChI is InChI=1S/C13H24N4S2/c1-10-4-6-11(7-5-10)14-8-9-18-13-16-15-12(19-13)17(2)3/h10-11,14H,4-9H2,1-3H3. The monoisotopic (exact) mass is 300 g/mol. The third-order valence-electron chi connectivity index (χ3n) is 3.55. The van der Waals surface area contributed by atoms with Crippen molar-refractivity contribution >= 4 is 28.2 Å². The third-order valence-corrected chi connectivity index (χ3v) is 5.78. The lowest BCUT2D eigenvalue weighted by Crippen LogP contribution is -2.34. The lowest BCUT2D eigenvalue weighted by molar-refractivity contribution is 0.312. The van der Waals surface area contributed by atoms with Crippen LogP contribution in [-0.4, -0.2) is 42.6 Å². The maximum Gasteiger partial charge on any atom is 0.208 e. The minimum Gasteiger partial charge on any atom is -0.353 e. The van der Waals surface area contributed by atoms with Gasteiger partial charge in [-0.05, 0) is 31.6 Å². The number of nitrogens with one attached hydrogen (secondary N) is 1. The van der Waals surface area contributed by atoms with Gasteiger partial charge in [0.05, 0.1) is 0 Å². The number of hydrogen-bond acceptors (Lipinski definition) is 6. The summed E-state index contributed by atoms with van der Waals surface area (Å²) < 4.78 is 1.07. The normalized spacial score (nSPS) is 23.5. The van der Waals surface area contributed by atoms with Crippen LogP contribution in [0.1, 0.15) is 32.6 Å². The predicted octanol–water partition coefficient (Wildman–Crippen LogP) is 2.86. The molecule has 0 aliphatic heterocycles. The third kappa shape index (κ3) is 4.93. The minimum absolute atomic E-state index is 0.739. The van der Waals surface area contributed by atoms with Crippen LogP contribution in [0, 0.1) is 5.92 Å². The van der Waals surface area contributed by atoms with Crippen LogP contribution in [0.3, 0.4) is 0 Å². The molecule has 1 saturated carbocycles. The summed E-state index contributed by atoms with van der Waals surface area (Å²) in [6.07, 6.45) is 5.45. The Morgan fingerprint density at radius 2 is 2.00 bits per heavy atom. The fourth-order valence-corrected chi connectivity index (χ4v) is 4.01. The second kappa shape index (κ2) is 7.45. The Kier molecular flexibility index (Phi) is 5.91. The van der Waals surface area contributed by atoms with Crippen LogP contribution in [0.15, 0.2) is 4.34 Å². The van der Waals surface area contributed by atoms with Gasteiger partial charge >= 0.3 is 0 Å². The highest BCUT2D eigenvalue weighted by atomic mass is 32.2. The first-order valence-electron chi connectivity index (χ1n) is 7.02. The molecular formula is C13H24N4S2. The van der Waals surface area contributed by atoms with E-state index in [1.54, 1.807) is 23.1 Å². The molecule has 1 fully saturated rings. The quantitative estimate of drug-likeness (QED) is 0.646. The highest BCUT2D eigenvalue weighted by Gasteiger charge is 2.17. The van der Waals surface area contributed by atoms with Crippen molar-refractivity contribution < 1.29 is 0 Å². The number of hydrogen-bond donors (Lipinski definition) is 1. The molecule has 0 unspecified atom stereocenters. The Labute approximate surface area is 124 Å². The first-order valence-corrected chi connectivity index (χ1v) is 8.82. The number of aromatic nitrogens is 2. The molecule has 0 aromatic carbocycles. The maximum atomic E-state index is 4.19. The van der Waals surface area contributed by atoms with Gasteiger partial charge in [-0.25, -0.2) is 0 Å². The van der Waals surface area contributed by atoms with Crippen molar-refractivity contribution in [3.63, 3.8) is 0 Å². The van der Waals surface area contributed by atoms with Gasteiger partial charge in [-0.15, -0.1) is 10.2 Å². The van der Waals surface area contributed by atoms with Crippen molar-refractivity contribution in [3.8, 4) is 0 Å². The molecule has 1 heterocycles. The van der Waals surface area contributed by atoms with Crippen molar-refractivity contribution in [3.05, 3.63) is 0 Å². The fraction of sp³-hybridized carbons (Fsp3) is 0.846. The van der Waals surface area contributed by atoms with E-state index >= 15 is 0 Å². The molecule has 0 atom stereocenters. The lowest BCUT2D eigenvalue weighted by Gasteiger charge is -2.26. The molecule has 0 radical (unpaired) electrons. The fourth-order valence-electron chi connectivity index (χ4n) is 2.31. The Bertz CT molecular complexity index is 372. The lowest BCUT2D eigenvalue weighted by atomic mass is 9.87. The SMILES string of the molecule is CC1CCC(NCCSc2nnc(N(C)C)s2)CC1. The number of nitrogens with zero attached hydrogens (tertiary/aromatic N) is 3. The summed E-state index contributed by atoms with van der Waals surface area (Å²) in [5.41, 5.74) is 0. The minimum atomic E-state index is 0.739. The summed E-state index contributed by atoms with van der Waals surface area (Å²) in [6.45, 7) is 3.43. The summed E-state index contributed by atoms with van der Waals surface area (Å²) >= 11 is 3.47. The van der Waals surface area contributed by atoms with Gasteiger partial charge in [-0.3, -0.25) is 0 Å². The highest BCUT2D eigenvalue weighted by molar-refractivity contribution is 8.01. The molecule has 4 nitrogen and oxygen atoms in total. The zero-order valence-electron chi connectivity index (χ0n) is 12.1. The smallest absolute Gasteiger partial charge is 0.208 e. The molecule has 1 aromatic rings. The molecule has 19 heavy (non-hydrogen) atoms. The van der Waals surface area contributed by atoms with Gasteiger partial charge in [0.2, 0.25) is 5.13 Å². The summed E-state index contributed by atoms with van der Waals surface area (Å²) in [5, 5.41) is 13.0. The Morgan fingerprint density at radius 3 is 2.63 bits per heavy atom. The molecule has 6 heteroatoms. The van der Waals surface area contributed by atoms with E-state index in [1.807, 2.05) is 19.0 Å². The largest absolute Gasteiger partial charge is 0.353 e. The second-order valence-electron chi connectivity index (χ2n) is 5.50. The van der Waals surface area contributed by atoms with E-state index in [-0.39, 0.29) is 0 Å². The molecular weight excluding hydrogens is 276 g/mol. The van der Waals surface area contributed by atoms with Gasteiger partial charge in [-0.2, -0.15) is 0 Å². The van der Waals surface area contributed by atoms with Crippen LogP contribution in [0.5, 0.6) is 0 Å². The van der Waals surface area contributed by atoms with Gasteiger partial charge in [0.1, 0.15) is 0 Å². The zero-order valence-corrected chi connectivity index (χ0v) is 13.7. The van der Waals surface area contributed by atoms with Crippen LogP contribution >= 0.6 is 23.1 Å². The van der Waals surface area contributed by atoms with E-state index < -0.39 is 0 Å². The predicted molar refractivity (Wildman–Crippen MR) is 84.4 cm³/mol. The molecule has 1 aliphatic carbocycles. The summed E-state index contributed by atoms with van der Waals surface area (Å²) in [7, 11) is 4.00. The van der Waals surface area contributed by atoms with Crippen LogP contribution in [0.4, 0.5) is 5.13 Å². The summed E-state index contributed by atoms with van der Waals surface area (Å²) in [4.78, 5) is 2.00. The van der Waals surface area contributed by atoms with E-state index in [1.165, 1.54) is 25.7 Å². The Hall–Kier alpha value is -0.330. The first-order chi connectivity index (χ1) is 9.15. The van der Waals surface area contributed by atoms with E-state index in [4.69, 9.17) is 0 Å². The number of thioether (sulfide) groups is 1. The molecule has 0 amide bonds. The molecule has 0 spiro atoms. The van der Waals surface area contributed by atoms with E-state index in [2.05, 4.69) is 22.4 Å². The molecule has 1 aromatic heterocycles. The van der Waals surface area contributed by atoms with E-state index in [9.17, 15) is 0 Å². The summed E-state index contributed by atoms with van der Waals surface area (Å²) in [6, 6.07) is 0.739. The Morgan fingerprint density at radius 1 is 1.26 bits per heavy atom. The van der Waals surface area contributed by atoms with Crippen molar-refractivity contribution in [2.45, 2.75) is 43.0 Å². The molecule has 0 saturated heterocycles. The van der Waals surface area contributed by atoms with Crippen LogP contribution in [-0.2, 0) is 0 Å². The van der Waals surface area contributed by atoms with Crippen LogP contribution < -0.4 is 10.2 Å². The van der Waals surface area contributed by atoms with E-state index in [0.717, 1.165) is 33.7 Å². The van der Waals surface area contributed by atoms with Gasteiger partial charge in [0.25, 0.3) is 0 Å². The van der Waals surface area contributed by atoms with Crippen molar-refractivity contribution in [1.82, 2.24) is 15.5 Å². The van der Waals surface area contributed by atoms with Gasteiger partial charge in [0.15, 0.2) is 4.34 Å². The van der Waals surface area contributed by atoms with Crippen molar-refractivity contribution in [1.29, 1.82) is 0 Å². The van der Waals surface area contributed by atoms with Gasteiger partial charge in [0, 0.05) is 32.4 Å². The number of rotatable bonds is 6. The molecule has 0 bridgehead atoms. The van der Waals surface area contributed by atoms with Crippen LogP contribution in [0.25, 0.3) is 0 Å². The average molecular weight is 300 g/mol. The zero-order chi connectivity index (χ0) is 13.7. The van der Waals surface area contributed by atoms with Gasteiger partial charge < -0.3 is 10.2 Å². The number of anilines is 1. The molecule has 1 aliphatic rings. The van der Waals surface area contributed by atoms with Crippen molar-refractivity contribution in [2.75, 3.05) is 31.3 Å².